The Morgan fingerprint density at radius 1 is 1.25 bits per heavy atom. The van der Waals surface area contributed by atoms with Gasteiger partial charge < -0.3 is 10.2 Å². The molecule has 0 bridgehead atoms. The van der Waals surface area contributed by atoms with E-state index in [-0.39, 0.29) is 11.9 Å². The zero-order valence-corrected chi connectivity index (χ0v) is 14.3. The van der Waals surface area contributed by atoms with Crippen molar-refractivity contribution in [3.63, 3.8) is 0 Å². The Hall–Kier alpha value is -2.48. The van der Waals surface area contributed by atoms with E-state index in [2.05, 4.69) is 41.4 Å². The molecule has 3 aromatic rings. The van der Waals surface area contributed by atoms with Gasteiger partial charge in [-0.3, -0.25) is 4.79 Å². The summed E-state index contributed by atoms with van der Waals surface area (Å²) in [7, 11) is 0. The van der Waals surface area contributed by atoms with Crippen molar-refractivity contribution in [1.82, 2.24) is 25.1 Å². The van der Waals surface area contributed by atoms with E-state index in [1.807, 2.05) is 36.4 Å². The summed E-state index contributed by atoms with van der Waals surface area (Å²) in [6.07, 6.45) is 2.47. The minimum Gasteiger partial charge on any atom is -0.353 e. The van der Waals surface area contributed by atoms with Crippen molar-refractivity contribution in [1.29, 1.82) is 0 Å². The van der Waals surface area contributed by atoms with Crippen LogP contribution in [0.4, 0.5) is 5.82 Å². The topological polar surface area (TPSA) is 75.4 Å². The van der Waals surface area contributed by atoms with Gasteiger partial charge >= 0.3 is 0 Å². The van der Waals surface area contributed by atoms with Crippen LogP contribution in [0.3, 0.4) is 0 Å². The second-order valence-corrected chi connectivity index (χ2v) is 6.56. The molecular formula is C16H15BrN6O. The summed E-state index contributed by atoms with van der Waals surface area (Å²) in [5.41, 5.74) is 1.37. The predicted octanol–water partition coefficient (Wildman–Crippen LogP) is 1.90. The van der Waals surface area contributed by atoms with E-state index < -0.39 is 0 Å². The minimum absolute atomic E-state index is 0.0588. The molecule has 1 saturated heterocycles. The van der Waals surface area contributed by atoms with Gasteiger partial charge in [-0.15, -0.1) is 15.3 Å². The van der Waals surface area contributed by atoms with Crippen LogP contribution in [0.5, 0.6) is 0 Å². The van der Waals surface area contributed by atoms with Crippen molar-refractivity contribution < 1.29 is 4.79 Å². The number of hydrogen-bond donors (Lipinski definition) is 1. The number of fused-ring (bicyclic) bond motifs is 1. The molecule has 1 N–H and O–H groups in total. The van der Waals surface area contributed by atoms with Crippen molar-refractivity contribution in [3.05, 3.63) is 52.8 Å². The van der Waals surface area contributed by atoms with Gasteiger partial charge in [0.2, 0.25) is 0 Å². The van der Waals surface area contributed by atoms with E-state index in [9.17, 15) is 4.79 Å². The van der Waals surface area contributed by atoms with Crippen LogP contribution in [0.2, 0.25) is 0 Å². The molecule has 3 heterocycles. The molecule has 0 aliphatic carbocycles. The van der Waals surface area contributed by atoms with E-state index in [1.165, 1.54) is 0 Å². The van der Waals surface area contributed by atoms with Crippen molar-refractivity contribution in [3.8, 4) is 0 Å². The number of nitrogens with one attached hydrogen (secondary N) is 1. The highest BCUT2D eigenvalue weighted by Crippen LogP contribution is 2.20. The van der Waals surface area contributed by atoms with Gasteiger partial charge in [-0.2, -0.15) is 4.52 Å². The van der Waals surface area contributed by atoms with E-state index >= 15 is 0 Å². The van der Waals surface area contributed by atoms with Crippen molar-refractivity contribution in [2.45, 2.75) is 12.5 Å². The maximum Gasteiger partial charge on any atom is 0.252 e. The quantitative estimate of drug-likeness (QED) is 0.743. The second-order valence-electron chi connectivity index (χ2n) is 5.71. The summed E-state index contributed by atoms with van der Waals surface area (Å²) >= 11 is 3.42. The first-order valence-corrected chi connectivity index (χ1v) is 8.47. The Morgan fingerprint density at radius 2 is 2.12 bits per heavy atom. The molecule has 1 aromatic carbocycles. The first kappa shape index (κ1) is 15.1. The van der Waals surface area contributed by atoms with Gasteiger partial charge in [-0.25, -0.2) is 0 Å². The highest BCUT2D eigenvalue weighted by atomic mass is 79.9. The lowest BCUT2D eigenvalue weighted by Crippen LogP contribution is -2.37. The van der Waals surface area contributed by atoms with Gasteiger partial charge in [0.05, 0.1) is 5.56 Å². The Labute approximate surface area is 146 Å². The highest BCUT2D eigenvalue weighted by molar-refractivity contribution is 9.10. The van der Waals surface area contributed by atoms with Gasteiger partial charge in [0.1, 0.15) is 12.1 Å². The first-order chi connectivity index (χ1) is 11.7. The SMILES string of the molecule is O=C(N[C@@H]1CCN(c2ccc3nncn3n2)C1)c1ccccc1Br. The monoisotopic (exact) mass is 386 g/mol. The number of carbonyl (C=O) groups is 1. The molecule has 0 radical (unpaired) electrons. The van der Waals surface area contributed by atoms with Crippen LogP contribution < -0.4 is 10.2 Å². The van der Waals surface area contributed by atoms with E-state index in [4.69, 9.17) is 0 Å². The van der Waals surface area contributed by atoms with E-state index in [0.717, 1.165) is 35.4 Å². The minimum atomic E-state index is -0.0588. The first-order valence-electron chi connectivity index (χ1n) is 7.68. The highest BCUT2D eigenvalue weighted by Gasteiger charge is 2.26. The van der Waals surface area contributed by atoms with Gasteiger partial charge in [0.15, 0.2) is 5.65 Å². The fraction of sp³-hybridized carbons (Fsp3) is 0.250. The molecule has 122 valence electrons. The molecule has 24 heavy (non-hydrogen) atoms. The number of aromatic nitrogens is 4. The molecule has 8 heteroatoms. The molecular weight excluding hydrogens is 372 g/mol. The molecule has 0 saturated carbocycles. The lowest BCUT2D eigenvalue weighted by molar-refractivity contribution is 0.0939. The molecule has 1 amide bonds. The second kappa shape index (κ2) is 6.20. The lowest BCUT2D eigenvalue weighted by Gasteiger charge is -2.18. The van der Waals surface area contributed by atoms with Crippen LogP contribution in [0.15, 0.2) is 47.2 Å². The number of anilines is 1. The smallest absolute Gasteiger partial charge is 0.252 e. The summed E-state index contributed by atoms with van der Waals surface area (Å²) in [6, 6.07) is 11.4. The zero-order chi connectivity index (χ0) is 16.5. The average molecular weight is 387 g/mol. The zero-order valence-electron chi connectivity index (χ0n) is 12.8. The lowest BCUT2D eigenvalue weighted by atomic mass is 10.2. The van der Waals surface area contributed by atoms with Crippen molar-refractivity contribution >= 4 is 33.3 Å². The summed E-state index contributed by atoms with van der Waals surface area (Å²) in [5, 5.41) is 15.4. The molecule has 1 aliphatic rings. The van der Waals surface area contributed by atoms with Crippen LogP contribution in [-0.4, -0.2) is 44.8 Å². The third-order valence-electron chi connectivity index (χ3n) is 4.11. The molecule has 0 unspecified atom stereocenters. The van der Waals surface area contributed by atoms with Crippen LogP contribution in [0, 0.1) is 0 Å². The predicted molar refractivity (Wildman–Crippen MR) is 93.0 cm³/mol. The molecule has 2 aromatic heterocycles. The third-order valence-corrected chi connectivity index (χ3v) is 4.81. The van der Waals surface area contributed by atoms with Gasteiger partial charge in [-0.1, -0.05) is 12.1 Å². The molecule has 1 atom stereocenters. The summed E-state index contributed by atoms with van der Waals surface area (Å²) in [6.45, 7) is 1.58. The Balaban J connectivity index is 1.44. The normalized spacial score (nSPS) is 17.4. The van der Waals surface area contributed by atoms with Gasteiger partial charge in [0, 0.05) is 23.6 Å². The standard InChI is InChI=1S/C16H15BrN6O/c17-13-4-2-1-3-12(13)16(24)19-11-7-8-22(9-11)15-6-5-14-20-18-10-23(14)21-15/h1-6,10-11H,7-9H2,(H,19,24)/t11-/m1/s1. The largest absolute Gasteiger partial charge is 0.353 e. The van der Waals surface area contributed by atoms with Crippen LogP contribution in [0.1, 0.15) is 16.8 Å². The van der Waals surface area contributed by atoms with Crippen LogP contribution in [0.25, 0.3) is 5.65 Å². The molecule has 4 rings (SSSR count). The number of amides is 1. The summed E-state index contributed by atoms with van der Waals surface area (Å²) < 4.78 is 2.46. The van der Waals surface area contributed by atoms with Gasteiger partial charge in [0.25, 0.3) is 5.91 Å². The molecule has 0 spiro atoms. The number of hydrogen-bond acceptors (Lipinski definition) is 5. The number of benzene rings is 1. The Bertz CT molecular complexity index is 895. The Kier molecular flexibility index (Phi) is 3.89. The van der Waals surface area contributed by atoms with Crippen molar-refractivity contribution in [2.75, 3.05) is 18.0 Å². The fourth-order valence-corrected chi connectivity index (χ4v) is 3.35. The number of halogens is 1. The number of carbonyl (C=O) groups excluding carboxylic acids is 1. The van der Waals surface area contributed by atoms with E-state index in [0.29, 0.717) is 5.56 Å². The van der Waals surface area contributed by atoms with Crippen molar-refractivity contribution in [2.24, 2.45) is 0 Å². The fourth-order valence-electron chi connectivity index (χ4n) is 2.88. The summed E-state index contributed by atoms with van der Waals surface area (Å²) in [5.74, 6) is 0.802. The third kappa shape index (κ3) is 2.84. The molecule has 1 fully saturated rings. The summed E-state index contributed by atoms with van der Waals surface area (Å²) in [4.78, 5) is 14.6. The molecule has 1 aliphatic heterocycles. The van der Waals surface area contributed by atoms with E-state index in [1.54, 1.807) is 10.8 Å². The van der Waals surface area contributed by atoms with Gasteiger partial charge in [-0.05, 0) is 46.6 Å². The van der Waals surface area contributed by atoms with Crippen LogP contribution in [-0.2, 0) is 0 Å². The maximum absolute atomic E-state index is 12.4. The average Bonchev–Trinajstić information content (AvgIpc) is 3.23. The Morgan fingerprint density at radius 3 is 3.00 bits per heavy atom. The van der Waals surface area contributed by atoms with Crippen LogP contribution >= 0.6 is 15.9 Å². The number of nitrogens with zero attached hydrogens (tertiary/aromatic N) is 5. The maximum atomic E-state index is 12.4. The number of rotatable bonds is 3. The molecule has 7 nitrogen and oxygen atoms in total.